The van der Waals surface area contributed by atoms with Gasteiger partial charge < -0.3 is 16.0 Å². The second-order valence-corrected chi connectivity index (χ2v) is 5.08. The van der Waals surface area contributed by atoms with Crippen LogP contribution in [0.4, 0.5) is 5.69 Å². The van der Waals surface area contributed by atoms with Gasteiger partial charge in [-0.25, -0.2) is 0 Å². The number of para-hydroxylation sites is 1. The van der Waals surface area contributed by atoms with Crippen LogP contribution in [0.1, 0.15) is 37.8 Å². The van der Waals surface area contributed by atoms with Crippen LogP contribution >= 0.6 is 0 Å². The second kappa shape index (κ2) is 6.57. The number of amides is 1. The summed E-state index contributed by atoms with van der Waals surface area (Å²) in [6, 6.07) is 8.24. The van der Waals surface area contributed by atoms with E-state index in [-0.39, 0.29) is 11.9 Å². The number of hydrogen-bond acceptors (Lipinski definition) is 3. The monoisotopic (exact) mass is 261 g/mol. The van der Waals surface area contributed by atoms with Crippen LogP contribution < -0.4 is 16.0 Å². The number of benzene rings is 1. The standard InChI is InChI=1S/C15H23N3O/c1-2-9-17-15(19)11-18-10-5-7-13(16)12-6-3-4-8-14(12)18/h3-4,6,8,13H,2,5,7,9-11,16H2,1H3,(H,17,19). The molecule has 1 amide bonds. The zero-order valence-electron chi connectivity index (χ0n) is 11.6. The predicted molar refractivity (Wildman–Crippen MR) is 78.1 cm³/mol. The van der Waals surface area contributed by atoms with Crippen molar-refractivity contribution >= 4 is 11.6 Å². The Morgan fingerprint density at radius 3 is 3.05 bits per heavy atom. The summed E-state index contributed by atoms with van der Waals surface area (Å²) in [6.07, 6.45) is 2.97. The molecule has 0 aliphatic carbocycles. The maximum atomic E-state index is 11.9. The highest BCUT2D eigenvalue weighted by Crippen LogP contribution is 2.30. The molecule has 0 saturated carbocycles. The van der Waals surface area contributed by atoms with Crippen LogP contribution in [0.25, 0.3) is 0 Å². The molecular weight excluding hydrogens is 238 g/mol. The topological polar surface area (TPSA) is 58.4 Å². The molecular formula is C15H23N3O. The van der Waals surface area contributed by atoms with Crippen molar-refractivity contribution < 1.29 is 4.79 Å². The zero-order chi connectivity index (χ0) is 13.7. The van der Waals surface area contributed by atoms with Gasteiger partial charge in [0.05, 0.1) is 6.54 Å². The Kier molecular flexibility index (Phi) is 4.80. The summed E-state index contributed by atoms with van der Waals surface area (Å²) in [6.45, 7) is 4.11. The molecule has 0 bridgehead atoms. The molecule has 1 aliphatic heterocycles. The van der Waals surface area contributed by atoms with Crippen molar-refractivity contribution in [2.75, 3.05) is 24.5 Å². The number of nitrogens with two attached hydrogens (primary N) is 1. The molecule has 0 fully saturated rings. The Morgan fingerprint density at radius 1 is 1.47 bits per heavy atom. The van der Waals surface area contributed by atoms with E-state index in [9.17, 15) is 4.79 Å². The van der Waals surface area contributed by atoms with E-state index < -0.39 is 0 Å². The van der Waals surface area contributed by atoms with E-state index in [1.807, 2.05) is 12.1 Å². The number of rotatable bonds is 4. The van der Waals surface area contributed by atoms with Crippen LogP contribution in [0.15, 0.2) is 24.3 Å². The summed E-state index contributed by atoms with van der Waals surface area (Å²) in [7, 11) is 0. The van der Waals surface area contributed by atoms with Gasteiger partial charge in [0.15, 0.2) is 0 Å². The largest absolute Gasteiger partial charge is 0.362 e. The molecule has 1 aromatic carbocycles. The molecule has 1 heterocycles. The molecule has 0 spiro atoms. The zero-order valence-corrected chi connectivity index (χ0v) is 11.6. The molecule has 104 valence electrons. The van der Waals surface area contributed by atoms with E-state index in [4.69, 9.17) is 5.73 Å². The third-order valence-corrected chi connectivity index (χ3v) is 3.53. The summed E-state index contributed by atoms with van der Waals surface area (Å²) >= 11 is 0. The lowest BCUT2D eigenvalue weighted by Gasteiger charge is -2.24. The van der Waals surface area contributed by atoms with Gasteiger partial charge in [0.1, 0.15) is 0 Å². The minimum atomic E-state index is 0.0832. The first-order valence-electron chi connectivity index (χ1n) is 7.08. The van der Waals surface area contributed by atoms with Crippen LogP contribution in [-0.4, -0.2) is 25.5 Å². The highest BCUT2D eigenvalue weighted by atomic mass is 16.2. The quantitative estimate of drug-likeness (QED) is 0.869. The molecule has 0 aromatic heterocycles. The van der Waals surface area contributed by atoms with E-state index in [1.54, 1.807) is 0 Å². The minimum Gasteiger partial charge on any atom is -0.362 e. The molecule has 1 aliphatic rings. The van der Waals surface area contributed by atoms with E-state index >= 15 is 0 Å². The van der Waals surface area contributed by atoms with Gasteiger partial charge in [0, 0.05) is 24.8 Å². The van der Waals surface area contributed by atoms with Crippen molar-refractivity contribution in [3.8, 4) is 0 Å². The van der Waals surface area contributed by atoms with Crippen LogP contribution in [-0.2, 0) is 4.79 Å². The number of anilines is 1. The van der Waals surface area contributed by atoms with Crippen molar-refractivity contribution in [1.82, 2.24) is 5.32 Å². The Labute approximate surface area is 115 Å². The molecule has 4 heteroatoms. The number of nitrogens with one attached hydrogen (secondary N) is 1. The normalized spacial score (nSPS) is 18.6. The lowest BCUT2D eigenvalue weighted by Crippen LogP contribution is -2.38. The molecule has 1 unspecified atom stereocenters. The number of hydrogen-bond donors (Lipinski definition) is 2. The summed E-state index contributed by atoms with van der Waals surface area (Å²) in [5, 5.41) is 2.93. The van der Waals surface area contributed by atoms with Crippen LogP contribution in [0.3, 0.4) is 0 Å². The number of carbonyl (C=O) groups excluding carboxylic acids is 1. The van der Waals surface area contributed by atoms with Crippen molar-refractivity contribution in [3.05, 3.63) is 29.8 Å². The van der Waals surface area contributed by atoms with E-state index in [2.05, 4.69) is 29.3 Å². The third-order valence-electron chi connectivity index (χ3n) is 3.53. The van der Waals surface area contributed by atoms with E-state index in [0.717, 1.165) is 43.6 Å². The van der Waals surface area contributed by atoms with Crippen LogP contribution in [0.5, 0.6) is 0 Å². The molecule has 3 N–H and O–H groups in total. The van der Waals surface area contributed by atoms with Gasteiger partial charge in [0.25, 0.3) is 0 Å². The van der Waals surface area contributed by atoms with Crippen molar-refractivity contribution in [2.24, 2.45) is 5.73 Å². The SMILES string of the molecule is CCCNC(=O)CN1CCCC(N)c2ccccc21. The molecule has 1 aromatic rings. The van der Waals surface area contributed by atoms with Gasteiger partial charge in [0.2, 0.25) is 5.91 Å². The fourth-order valence-corrected chi connectivity index (χ4v) is 2.52. The lowest BCUT2D eigenvalue weighted by molar-refractivity contribution is -0.119. The van der Waals surface area contributed by atoms with Crippen molar-refractivity contribution in [2.45, 2.75) is 32.2 Å². The Balaban J connectivity index is 2.12. The molecule has 1 atom stereocenters. The van der Waals surface area contributed by atoms with Gasteiger partial charge in [-0.1, -0.05) is 25.1 Å². The predicted octanol–water partition coefficient (Wildman–Crippen LogP) is 1.81. The van der Waals surface area contributed by atoms with Gasteiger partial charge in [-0.05, 0) is 30.9 Å². The van der Waals surface area contributed by atoms with Crippen LogP contribution in [0, 0.1) is 0 Å². The Bertz CT molecular complexity index is 433. The first-order valence-corrected chi connectivity index (χ1v) is 7.08. The smallest absolute Gasteiger partial charge is 0.239 e. The van der Waals surface area contributed by atoms with Crippen molar-refractivity contribution in [1.29, 1.82) is 0 Å². The highest BCUT2D eigenvalue weighted by molar-refractivity contribution is 5.81. The average molecular weight is 261 g/mol. The fraction of sp³-hybridized carbons (Fsp3) is 0.533. The maximum Gasteiger partial charge on any atom is 0.239 e. The minimum absolute atomic E-state index is 0.0832. The van der Waals surface area contributed by atoms with Gasteiger partial charge in [-0.2, -0.15) is 0 Å². The number of carbonyl (C=O) groups is 1. The van der Waals surface area contributed by atoms with Crippen molar-refractivity contribution in [3.63, 3.8) is 0 Å². The first kappa shape index (κ1) is 13.9. The Hall–Kier alpha value is -1.55. The molecule has 4 nitrogen and oxygen atoms in total. The van der Waals surface area contributed by atoms with E-state index in [1.165, 1.54) is 0 Å². The first-order chi connectivity index (χ1) is 9.22. The van der Waals surface area contributed by atoms with E-state index in [0.29, 0.717) is 6.54 Å². The summed E-state index contributed by atoms with van der Waals surface area (Å²) in [5.74, 6) is 0.0899. The molecule has 0 radical (unpaired) electrons. The second-order valence-electron chi connectivity index (χ2n) is 5.08. The lowest BCUT2D eigenvalue weighted by atomic mass is 10.0. The van der Waals surface area contributed by atoms with Crippen LogP contribution in [0.2, 0.25) is 0 Å². The number of fused-ring (bicyclic) bond motifs is 1. The molecule has 2 rings (SSSR count). The average Bonchev–Trinajstić information content (AvgIpc) is 2.58. The molecule has 19 heavy (non-hydrogen) atoms. The summed E-state index contributed by atoms with van der Waals surface area (Å²) in [5.41, 5.74) is 8.46. The maximum absolute atomic E-state index is 11.9. The van der Waals surface area contributed by atoms with Gasteiger partial charge >= 0.3 is 0 Å². The summed E-state index contributed by atoms with van der Waals surface area (Å²) < 4.78 is 0. The Morgan fingerprint density at radius 2 is 2.26 bits per heavy atom. The molecule has 0 saturated heterocycles. The van der Waals surface area contributed by atoms with Gasteiger partial charge in [-0.3, -0.25) is 4.79 Å². The third kappa shape index (κ3) is 3.47. The summed E-state index contributed by atoms with van der Waals surface area (Å²) in [4.78, 5) is 14.0. The fourth-order valence-electron chi connectivity index (χ4n) is 2.52. The number of nitrogens with zero attached hydrogens (tertiary/aromatic N) is 1. The highest BCUT2D eigenvalue weighted by Gasteiger charge is 2.21. The van der Waals surface area contributed by atoms with Gasteiger partial charge in [-0.15, -0.1) is 0 Å².